The van der Waals surface area contributed by atoms with Gasteiger partial charge < -0.3 is 19.5 Å². The number of thiazole rings is 1. The Hall–Kier alpha value is -3.13. The lowest BCUT2D eigenvalue weighted by Gasteiger charge is -2.31. The summed E-state index contributed by atoms with van der Waals surface area (Å²) in [5, 5.41) is 5.94. The third kappa shape index (κ3) is 5.75. The van der Waals surface area contributed by atoms with Crippen molar-refractivity contribution in [1.29, 1.82) is 0 Å². The SMILES string of the molecule is O=C(Nc1ccccc1N1CCCCC1)c1csc(C2CCN(C(=O)CCc3ccco3)CC2)n1. The van der Waals surface area contributed by atoms with E-state index in [0.717, 1.165) is 61.2 Å². The quantitative estimate of drug-likeness (QED) is 0.483. The van der Waals surface area contributed by atoms with E-state index in [9.17, 15) is 9.59 Å². The monoisotopic (exact) mass is 492 g/mol. The molecule has 2 amide bonds. The van der Waals surface area contributed by atoms with Crippen molar-refractivity contribution in [3.63, 3.8) is 0 Å². The first-order valence-electron chi connectivity index (χ1n) is 12.6. The summed E-state index contributed by atoms with van der Waals surface area (Å²) in [5.41, 5.74) is 2.39. The lowest BCUT2D eigenvalue weighted by atomic mass is 9.97. The largest absolute Gasteiger partial charge is 0.469 e. The average Bonchev–Trinajstić information content (AvgIpc) is 3.61. The fraction of sp³-hybridized carbons (Fsp3) is 0.444. The molecule has 2 aromatic heterocycles. The second kappa shape index (κ2) is 11.1. The minimum atomic E-state index is -0.164. The molecule has 184 valence electrons. The van der Waals surface area contributed by atoms with Gasteiger partial charge in [0.25, 0.3) is 5.91 Å². The van der Waals surface area contributed by atoms with Gasteiger partial charge in [-0.3, -0.25) is 9.59 Å². The molecule has 2 aliphatic rings. The second-order valence-corrected chi connectivity index (χ2v) is 10.2. The number of benzene rings is 1. The Balaban J connectivity index is 1.15. The van der Waals surface area contributed by atoms with E-state index in [1.54, 1.807) is 17.6 Å². The van der Waals surface area contributed by atoms with Crippen molar-refractivity contribution in [1.82, 2.24) is 9.88 Å². The molecule has 35 heavy (non-hydrogen) atoms. The minimum absolute atomic E-state index is 0.164. The molecule has 2 fully saturated rings. The Morgan fingerprint density at radius 1 is 1.03 bits per heavy atom. The van der Waals surface area contributed by atoms with E-state index in [1.165, 1.54) is 19.3 Å². The zero-order valence-electron chi connectivity index (χ0n) is 19.9. The summed E-state index contributed by atoms with van der Waals surface area (Å²) >= 11 is 1.55. The molecular weight excluding hydrogens is 460 g/mol. The Morgan fingerprint density at radius 2 is 1.83 bits per heavy atom. The summed E-state index contributed by atoms with van der Waals surface area (Å²) in [6.07, 6.45) is 8.14. The third-order valence-electron chi connectivity index (χ3n) is 6.97. The van der Waals surface area contributed by atoms with Crippen LogP contribution in [0.25, 0.3) is 0 Å². The summed E-state index contributed by atoms with van der Waals surface area (Å²) in [4.78, 5) is 34.6. The lowest BCUT2D eigenvalue weighted by molar-refractivity contribution is -0.132. The van der Waals surface area contributed by atoms with Crippen LogP contribution >= 0.6 is 11.3 Å². The minimum Gasteiger partial charge on any atom is -0.469 e. The molecule has 7 nitrogen and oxygen atoms in total. The first-order valence-corrected chi connectivity index (χ1v) is 13.5. The molecule has 2 aliphatic heterocycles. The number of carbonyl (C=O) groups is 2. The predicted octanol–water partition coefficient (Wildman–Crippen LogP) is 5.32. The molecule has 5 rings (SSSR count). The number of furan rings is 1. The number of amides is 2. The third-order valence-corrected chi connectivity index (χ3v) is 7.97. The van der Waals surface area contributed by atoms with Crippen LogP contribution < -0.4 is 10.2 Å². The van der Waals surface area contributed by atoms with E-state index >= 15 is 0 Å². The average molecular weight is 493 g/mol. The van der Waals surface area contributed by atoms with Gasteiger partial charge in [0.1, 0.15) is 11.5 Å². The molecule has 0 radical (unpaired) electrons. The van der Waals surface area contributed by atoms with Gasteiger partial charge in [-0.25, -0.2) is 4.98 Å². The van der Waals surface area contributed by atoms with Gasteiger partial charge in [0.2, 0.25) is 5.91 Å². The van der Waals surface area contributed by atoms with Crippen LogP contribution in [-0.4, -0.2) is 47.9 Å². The first-order chi connectivity index (χ1) is 17.2. The molecule has 0 aliphatic carbocycles. The van der Waals surface area contributed by atoms with Crippen LogP contribution in [0.1, 0.15) is 65.7 Å². The normalized spacial score (nSPS) is 16.9. The van der Waals surface area contributed by atoms with Crippen LogP contribution in [0, 0.1) is 0 Å². The molecule has 8 heteroatoms. The number of hydrogen-bond acceptors (Lipinski definition) is 6. The van der Waals surface area contributed by atoms with Gasteiger partial charge in [-0.2, -0.15) is 0 Å². The topological polar surface area (TPSA) is 78.7 Å². The van der Waals surface area contributed by atoms with Crippen molar-refractivity contribution >= 4 is 34.5 Å². The molecule has 0 spiro atoms. The number of hydrogen-bond donors (Lipinski definition) is 1. The number of rotatable bonds is 7. The maximum absolute atomic E-state index is 13.0. The highest BCUT2D eigenvalue weighted by molar-refractivity contribution is 7.10. The number of aryl methyl sites for hydroxylation is 1. The van der Waals surface area contributed by atoms with Crippen molar-refractivity contribution in [2.75, 3.05) is 36.4 Å². The number of para-hydroxylation sites is 2. The van der Waals surface area contributed by atoms with Gasteiger partial charge in [-0.1, -0.05) is 12.1 Å². The van der Waals surface area contributed by atoms with Crippen molar-refractivity contribution in [3.05, 3.63) is 64.5 Å². The molecule has 0 unspecified atom stereocenters. The number of aromatic nitrogens is 1. The summed E-state index contributed by atoms with van der Waals surface area (Å²) in [7, 11) is 0. The van der Waals surface area contributed by atoms with E-state index in [0.29, 0.717) is 18.5 Å². The highest BCUT2D eigenvalue weighted by atomic mass is 32.1. The van der Waals surface area contributed by atoms with Crippen molar-refractivity contribution in [3.8, 4) is 0 Å². The second-order valence-electron chi connectivity index (χ2n) is 9.32. The van der Waals surface area contributed by atoms with Gasteiger partial charge in [0.15, 0.2) is 0 Å². The predicted molar refractivity (Wildman–Crippen MR) is 138 cm³/mol. The zero-order valence-corrected chi connectivity index (χ0v) is 20.8. The van der Waals surface area contributed by atoms with Crippen molar-refractivity contribution < 1.29 is 14.0 Å². The summed E-state index contributed by atoms with van der Waals surface area (Å²) in [6, 6.07) is 11.8. The van der Waals surface area contributed by atoms with Gasteiger partial charge in [-0.05, 0) is 56.4 Å². The zero-order chi connectivity index (χ0) is 24.0. The number of likely N-dealkylation sites (tertiary alicyclic amines) is 1. The molecule has 1 aromatic carbocycles. The van der Waals surface area contributed by atoms with E-state index < -0.39 is 0 Å². The van der Waals surface area contributed by atoms with Crippen LogP contribution in [0.5, 0.6) is 0 Å². The number of carbonyl (C=O) groups excluding carboxylic acids is 2. The fourth-order valence-corrected chi connectivity index (χ4v) is 5.95. The van der Waals surface area contributed by atoms with Crippen LogP contribution in [0.3, 0.4) is 0 Å². The van der Waals surface area contributed by atoms with E-state index in [2.05, 4.69) is 21.3 Å². The van der Waals surface area contributed by atoms with Gasteiger partial charge >= 0.3 is 0 Å². The molecule has 0 saturated carbocycles. The summed E-state index contributed by atoms with van der Waals surface area (Å²) < 4.78 is 5.33. The van der Waals surface area contributed by atoms with Crippen LogP contribution in [0.15, 0.2) is 52.5 Å². The van der Waals surface area contributed by atoms with Gasteiger partial charge in [-0.15, -0.1) is 11.3 Å². The Labute approximate surface area is 210 Å². The van der Waals surface area contributed by atoms with Gasteiger partial charge in [0, 0.05) is 50.3 Å². The van der Waals surface area contributed by atoms with Crippen molar-refractivity contribution in [2.45, 2.75) is 50.9 Å². The van der Waals surface area contributed by atoms with E-state index in [4.69, 9.17) is 4.42 Å². The van der Waals surface area contributed by atoms with Crippen molar-refractivity contribution in [2.24, 2.45) is 0 Å². The Bertz CT molecular complexity index is 1130. The molecule has 3 aromatic rings. The van der Waals surface area contributed by atoms with Crippen LogP contribution in [0.2, 0.25) is 0 Å². The highest BCUT2D eigenvalue weighted by Gasteiger charge is 2.26. The maximum atomic E-state index is 13.0. The summed E-state index contributed by atoms with van der Waals surface area (Å²) in [5.74, 6) is 1.14. The number of piperidine rings is 2. The van der Waals surface area contributed by atoms with E-state index in [1.807, 2.05) is 40.6 Å². The number of nitrogens with zero attached hydrogens (tertiary/aromatic N) is 3. The summed E-state index contributed by atoms with van der Waals surface area (Å²) in [6.45, 7) is 3.51. The first kappa shape index (κ1) is 23.6. The molecule has 1 N–H and O–H groups in total. The highest BCUT2D eigenvalue weighted by Crippen LogP contribution is 2.32. The van der Waals surface area contributed by atoms with E-state index in [-0.39, 0.29) is 17.7 Å². The molecule has 4 heterocycles. The van der Waals surface area contributed by atoms with Crippen LogP contribution in [0.4, 0.5) is 11.4 Å². The molecular formula is C27H32N4O3S. The maximum Gasteiger partial charge on any atom is 0.275 e. The Morgan fingerprint density at radius 3 is 2.60 bits per heavy atom. The number of nitrogens with one attached hydrogen (secondary N) is 1. The van der Waals surface area contributed by atoms with Crippen LogP contribution in [-0.2, 0) is 11.2 Å². The van der Waals surface area contributed by atoms with Gasteiger partial charge in [0.05, 0.1) is 22.6 Å². The standard InChI is InChI=1S/C27H32N4O3S/c32-25(11-10-21-7-6-18-34-21)31-16-12-20(13-17-31)27-29-23(19-35-27)26(33)28-22-8-2-3-9-24(22)30-14-4-1-5-15-30/h2-3,6-9,18-20H,1,4-5,10-17H2,(H,28,33). The Kier molecular flexibility index (Phi) is 7.47. The molecule has 0 atom stereocenters. The lowest BCUT2D eigenvalue weighted by Crippen LogP contribution is -2.38. The number of anilines is 2. The molecule has 2 saturated heterocycles. The smallest absolute Gasteiger partial charge is 0.275 e. The molecule has 0 bridgehead atoms. The fourth-order valence-electron chi connectivity index (χ4n) is 4.97.